The summed E-state index contributed by atoms with van der Waals surface area (Å²) in [6.45, 7) is 3.75. The molecule has 2 rings (SSSR count). The van der Waals surface area contributed by atoms with Crippen molar-refractivity contribution in [3.63, 3.8) is 0 Å². The highest BCUT2D eigenvalue weighted by Crippen LogP contribution is 2.32. The smallest absolute Gasteiger partial charge is 0.223 e. The largest absolute Gasteiger partial charge is 0.336 e. The molecule has 20 heavy (non-hydrogen) atoms. The molecular formula is C16H25N3O. The molecule has 2 atom stereocenters. The van der Waals surface area contributed by atoms with Gasteiger partial charge in [-0.25, -0.2) is 0 Å². The Labute approximate surface area is 121 Å². The van der Waals surface area contributed by atoms with Crippen molar-refractivity contribution in [3.05, 3.63) is 30.1 Å². The van der Waals surface area contributed by atoms with Crippen molar-refractivity contribution in [2.75, 3.05) is 13.1 Å². The van der Waals surface area contributed by atoms with Crippen molar-refractivity contribution in [2.24, 2.45) is 11.7 Å². The van der Waals surface area contributed by atoms with Gasteiger partial charge < -0.3 is 10.6 Å². The summed E-state index contributed by atoms with van der Waals surface area (Å²) in [6, 6.07) is 4.24. The van der Waals surface area contributed by atoms with E-state index >= 15 is 0 Å². The summed E-state index contributed by atoms with van der Waals surface area (Å²) in [4.78, 5) is 18.6. The molecule has 0 spiro atoms. The van der Waals surface area contributed by atoms with Crippen molar-refractivity contribution >= 4 is 5.91 Å². The first-order valence-electron chi connectivity index (χ1n) is 7.62. The Morgan fingerprint density at radius 3 is 3.10 bits per heavy atom. The fraction of sp³-hybridized carbons (Fsp3) is 0.625. The predicted molar refractivity (Wildman–Crippen MR) is 80.0 cm³/mol. The number of pyridine rings is 1. The fourth-order valence-electron chi connectivity index (χ4n) is 2.93. The van der Waals surface area contributed by atoms with E-state index in [0.717, 1.165) is 37.8 Å². The molecule has 0 bridgehead atoms. The topological polar surface area (TPSA) is 59.2 Å². The van der Waals surface area contributed by atoms with E-state index in [1.54, 1.807) is 6.20 Å². The highest BCUT2D eigenvalue weighted by Gasteiger charge is 2.29. The number of likely N-dealkylation sites (tertiary alicyclic amines) is 1. The summed E-state index contributed by atoms with van der Waals surface area (Å²) < 4.78 is 0. The molecule has 2 heterocycles. The number of hydrogen-bond donors (Lipinski definition) is 1. The van der Waals surface area contributed by atoms with Gasteiger partial charge in [-0.1, -0.05) is 13.0 Å². The van der Waals surface area contributed by atoms with Crippen molar-refractivity contribution in [2.45, 2.75) is 45.1 Å². The van der Waals surface area contributed by atoms with Crippen molar-refractivity contribution in [3.8, 4) is 0 Å². The predicted octanol–water partition coefficient (Wildman–Crippen LogP) is 2.51. The molecule has 1 saturated heterocycles. The molecule has 1 fully saturated rings. The second-order valence-corrected chi connectivity index (χ2v) is 5.75. The number of carbonyl (C=O) groups excluding carboxylic acids is 1. The van der Waals surface area contributed by atoms with Crippen LogP contribution in [0, 0.1) is 5.92 Å². The monoisotopic (exact) mass is 275 g/mol. The van der Waals surface area contributed by atoms with Gasteiger partial charge in [0, 0.05) is 25.4 Å². The third-order valence-electron chi connectivity index (χ3n) is 4.15. The molecule has 1 aromatic rings. The van der Waals surface area contributed by atoms with E-state index in [1.807, 2.05) is 17.2 Å². The molecule has 1 aromatic heterocycles. The molecule has 1 aliphatic rings. The lowest BCUT2D eigenvalue weighted by Gasteiger charge is -2.25. The number of amides is 1. The molecule has 4 heteroatoms. The first-order valence-corrected chi connectivity index (χ1v) is 7.62. The minimum Gasteiger partial charge on any atom is -0.336 e. The van der Waals surface area contributed by atoms with Crippen molar-refractivity contribution < 1.29 is 4.79 Å². The number of carbonyl (C=O) groups is 1. The summed E-state index contributed by atoms with van der Waals surface area (Å²) in [6.07, 6.45) is 8.37. The Bertz CT molecular complexity index is 421. The maximum Gasteiger partial charge on any atom is 0.223 e. The Hall–Kier alpha value is -1.42. The van der Waals surface area contributed by atoms with Gasteiger partial charge >= 0.3 is 0 Å². The van der Waals surface area contributed by atoms with E-state index in [4.69, 9.17) is 5.73 Å². The molecule has 0 aromatic carbocycles. The first kappa shape index (κ1) is 15.0. The lowest BCUT2D eigenvalue weighted by Crippen LogP contribution is -2.30. The Balaban J connectivity index is 1.92. The summed E-state index contributed by atoms with van der Waals surface area (Å²) in [5.74, 6) is 0.809. The van der Waals surface area contributed by atoms with Crippen LogP contribution < -0.4 is 5.73 Å². The van der Waals surface area contributed by atoms with Crippen LogP contribution in [0.4, 0.5) is 0 Å². The van der Waals surface area contributed by atoms with Gasteiger partial charge in [-0.05, 0) is 49.8 Å². The number of rotatable bonds is 6. The third-order valence-corrected chi connectivity index (χ3v) is 4.15. The van der Waals surface area contributed by atoms with Gasteiger partial charge in [-0.3, -0.25) is 9.78 Å². The van der Waals surface area contributed by atoms with Gasteiger partial charge in [0.1, 0.15) is 0 Å². The zero-order valence-electron chi connectivity index (χ0n) is 12.3. The van der Waals surface area contributed by atoms with Gasteiger partial charge in [0.15, 0.2) is 0 Å². The maximum absolute atomic E-state index is 12.4. The lowest BCUT2D eigenvalue weighted by atomic mass is 10.0. The molecule has 1 aliphatic heterocycles. The highest BCUT2D eigenvalue weighted by molar-refractivity contribution is 5.77. The second-order valence-electron chi connectivity index (χ2n) is 5.75. The summed E-state index contributed by atoms with van der Waals surface area (Å²) in [5, 5.41) is 0. The molecular weight excluding hydrogens is 250 g/mol. The average Bonchev–Trinajstić information content (AvgIpc) is 2.95. The molecule has 0 aliphatic carbocycles. The van der Waals surface area contributed by atoms with Gasteiger partial charge in [-0.15, -0.1) is 0 Å². The number of nitrogens with zero attached hydrogens (tertiary/aromatic N) is 2. The molecule has 1 amide bonds. The van der Waals surface area contributed by atoms with E-state index < -0.39 is 0 Å². The van der Waals surface area contributed by atoms with Crippen molar-refractivity contribution in [1.29, 1.82) is 0 Å². The van der Waals surface area contributed by atoms with Crippen LogP contribution in [-0.2, 0) is 4.79 Å². The number of nitrogens with two attached hydrogens (primary N) is 1. The minimum absolute atomic E-state index is 0.223. The van der Waals surface area contributed by atoms with E-state index in [1.165, 1.54) is 0 Å². The van der Waals surface area contributed by atoms with Gasteiger partial charge in [0.2, 0.25) is 5.91 Å². The van der Waals surface area contributed by atoms with Crippen LogP contribution in [-0.4, -0.2) is 28.9 Å². The quantitative estimate of drug-likeness (QED) is 0.867. The molecule has 2 N–H and O–H groups in total. The van der Waals surface area contributed by atoms with E-state index in [-0.39, 0.29) is 11.9 Å². The molecule has 0 saturated carbocycles. The lowest BCUT2D eigenvalue weighted by molar-refractivity contribution is -0.132. The Morgan fingerprint density at radius 2 is 2.40 bits per heavy atom. The Morgan fingerprint density at radius 1 is 1.55 bits per heavy atom. The van der Waals surface area contributed by atoms with E-state index in [9.17, 15) is 4.79 Å². The Kier molecular flexibility index (Phi) is 5.53. The van der Waals surface area contributed by atoms with Crippen LogP contribution in [0.15, 0.2) is 24.5 Å². The van der Waals surface area contributed by atoms with Gasteiger partial charge in [0.25, 0.3) is 0 Å². The van der Waals surface area contributed by atoms with Crippen molar-refractivity contribution in [1.82, 2.24) is 9.88 Å². The van der Waals surface area contributed by atoms with Crippen LogP contribution in [0.5, 0.6) is 0 Å². The van der Waals surface area contributed by atoms with Crippen LogP contribution in [0.2, 0.25) is 0 Å². The maximum atomic E-state index is 12.4. The first-order chi connectivity index (χ1) is 9.72. The SMILES string of the molecule is CC(CCN)CCC(=O)N1CCCC1c1cccnc1. The summed E-state index contributed by atoms with van der Waals surface area (Å²) >= 11 is 0. The van der Waals surface area contributed by atoms with Gasteiger partial charge in [-0.2, -0.15) is 0 Å². The number of hydrogen-bond acceptors (Lipinski definition) is 3. The zero-order chi connectivity index (χ0) is 14.4. The van der Waals surface area contributed by atoms with Gasteiger partial charge in [0.05, 0.1) is 6.04 Å². The van der Waals surface area contributed by atoms with Crippen LogP contribution in [0.1, 0.15) is 50.6 Å². The van der Waals surface area contributed by atoms with E-state index in [2.05, 4.69) is 18.0 Å². The molecule has 4 nitrogen and oxygen atoms in total. The average molecular weight is 275 g/mol. The summed E-state index contributed by atoms with van der Waals surface area (Å²) in [5.41, 5.74) is 6.71. The fourth-order valence-corrected chi connectivity index (χ4v) is 2.93. The third kappa shape index (κ3) is 3.79. The normalized spacial score (nSPS) is 20.1. The van der Waals surface area contributed by atoms with E-state index in [0.29, 0.717) is 18.9 Å². The second kappa shape index (κ2) is 7.39. The van der Waals surface area contributed by atoms with Crippen LogP contribution >= 0.6 is 0 Å². The van der Waals surface area contributed by atoms with Crippen LogP contribution in [0.25, 0.3) is 0 Å². The zero-order valence-corrected chi connectivity index (χ0v) is 12.3. The molecule has 110 valence electrons. The summed E-state index contributed by atoms with van der Waals surface area (Å²) in [7, 11) is 0. The minimum atomic E-state index is 0.223. The number of aromatic nitrogens is 1. The highest BCUT2D eigenvalue weighted by atomic mass is 16.2. The van der Waals surface area contributed by atoms with Crippen LogP contribution in [0.3, 0.4) is 0 Å². The molecule has 0 radical (unpaired) electrons. The standard InChI is InChI=1S/C16H25N3O/c1-13(8-9-17)6-7-16(20)19-11-3-5-15(19)14-4-2-10-18-12-14/h2,4,10,12-13,15H,3,5-9,11,17H2,1H3. The molecule has 2 unspecified atom stereocenters.